The number of hydrogen-bond acceptors (Lipinski definition) is 1. The van der Waals surface area contributed by atoms with Crippen molar-refractivity contribution in [2.75, 3.05) is 6.61 Å². The highest BCUT2D eigenvalue weighted by atomic mass is 16.5. The Kier molecular flexibility index (Phi) is 19.3. The van der Waals surface area contributed by atoms with Crippen LogP contribution in [0.3, 0.4) is 0 Å². The first-order chi connectivity index (χ1) is 7.81. The molecular formula is C15H32O. The van der Waals surface area contributed by atoms with E-state index in [1.54, 1.807) is 0 Å². The van der Waals surface area contributed by atoms with E-state index in [0.29, 0.717) is 6.10 Å². The van der Waals surface area contributed by atoms with E-state index in [-0.39, 0.29) is 0 Å². The van der Waals surface area contributed by atoms with Gasteiger partial charge in [-0.15, -0.1) is 0 Å². The van der Waals surface area contributed by atoms with Gasteiger partial charge in [0, 0.05) is 6.61 Å². The van der Waals surface area contributed by atoms with Crippen LogP contribution in [0.5, 0.6) is 0 Å². The average molecular weight is 228 g/mol. The predicted octanol–water partition coefficient (Wildman–Crippen LogP) is 5.35. The summed E-state index contributed by atoms with van der Waals surface area (Å²) in [5.41, 5.74) is 0. The van der Waals surface area contributed by atoms with Gasteiger partial charge in [0.25, 0.3) is 0 Å². The summed E-state index contributed by atoms with van der Waals surface area (Å²) in [6.45, 7) is 11.5. The zero-order valence-corrected chi connectivity index (χ0v) is 12.1. The van der Waals surface area contributed by atoms with E-state index in [4.69, 9.17) is 4.74 Å². The van der Waals surface area contributed by atoms with Gasteiger partial charge in [0.2, 0.25) is 0 Å². The van der Waals surface area contributed by atoms with E-state index in [2.05, 4.69) is 32.9 Å². The Balaban J connectivity index is 0. The summed E-state index contributed by atoms with van der Waals surface area (Å²) in [7, 11) is 0. The van der Waals surface area contributed by atoms with E-state index >= 15 is 0 Å². The van der Waals surface area contributed by atoms with Gasteiger partial charge in [0.1, 0.15) is 0 Å². The summed E-state index contributed by atoms with van der Waals surface area (Å²) < 4.78 is 5.66. The fraction of sp³-hybridized carbons (Fsp3) is 0.867. The second-order valence-corrected chi connectivity index (χ2v) is 3.85. The van der Waals surface area contributed by atoms with Gasteiger partial charge in [0.05, 0.1) is 6.10 Å². The summed E-state index contributed by atoms with van der Waals surface area (Å²) in [5.74, 6) is 0. The van der Waals surface area contributed by atoms with Crippen LogP contribution >= 0.6 is 0 Å². The first-order valence-corrected chi connectivity index (χ1v) is 7.07. The van der Waals surface area contributed by atoms with E-state index in [0.717, 1.165) is 13.0 Å². The Bertz CT molecular complexity index is 129. The van der Waals surface area contributed by atoms with Crippen LogP contribution in [-0.4, -0.2) is 12.7 Å². The standard InChI is InChI=1S/C13H26O.C2H6/c1-4-6-8-9-10-11-13(3)14-12-7-5-2;1-2/h6,8,13H,4-5,7,9-12H2,1-3H3;1-2H3/b8-6+;. The molecule has 0 aliphatic carbocycles. The van der Waals surface area contributed by atoms with Crippen molar-refractivity contribution in [2.24, 2.45) is 0 Å². The van der Waals surface area contributed by atoms with Crippen LogP contribution < -0.4 is 0 Å². The Morgan fingerprint density at radius 2 is 1.75 bits per heavy atom. The summed E-state index contributed by atoms with van der Waals surface area (Å²) in [5, 5.41) is 0. The monoisotopic (exact) mass is 228 g/mol. The molecule has 0 amide bonds. The minimum Gasteiger partial charge on any atom is -0.379 e. The third kappa shape index (κ3) is 16.1. The molecule has 0 aliphatic rings. The maximum absolute atomic E-state index is 5.66. The van der Waals surface area contributed by atoms with Crippen LogP contribution in [0.25, 0.3) is 0 Å². The smallest absolute Gasteiger partial charge is 0.0547 e. The molecule has 0 spiro atoms. The predicted molar refractivity (Wildman–Crippen MR) is 75.0 cm³/mol. The van der Waals surface area contributed by atoms with Crippen LogP contribution in [0.1, 0.15) is 73.1 Å². The van der Waals surface area contributed by atoms with Gasteiger partial charge in [-0.05, 0) is 39.0 Å². The van der Waals surface area contributed by atoms with Gasteiger partial charge in [-0.2, -0.15) is 0 Å². The van der Waals surface area contributed by atoms with Crippen molar-refractivity contribution >= 4 is 0 Å². The third-order valence-corrected chi connectivity index (χ3v) is 2.28. The van der Waals surface area contributed by atoms with E-state index in [1.165, 1.54) is 32.1 Å². The Labute approximate surface area is 103 Å². The van der Waals surface area contributed by atoms with Crippen molar-refractivity contribution in [3.05, 3.63) is 12.2 Å². The van der Waals surface area contributed by atoms with E-state index < -0.39 is 0 Å². The van der Waals surface area contributed by atoms with Crippen LogP contribution in [0.4, 0.5) is 0 Å². The van der Waals surface area contributed by atoms with Gasteiger partial charge < -0.3 is 4.74 Å². The second kappa shape index (κ2) is 17.1. The van der Waals surface area contributed by atoms with Crippen molar-refractivity contribution in [1.82, 2.24) is 0 Å². The van der Waals surface area contributed by atoms with Crippen LogP contribution in [0.2, 0.25) is 0 Å². The SMILES string of the molecule is CC.CC/C=C/CCCC(C)OCCCC. The molecule has 0 aromatic heterocycles. The lowest BCUT2D eigenvalue weighted by Crippen LogP contribution is -2.08. The molecule has 1 unspecified atom stereocenters. The lowest BCUT2D eigenvalue weighted by Gasteiger charge is -2.11. The quantitative estimate of drug-likeness (QED) is 0.381. The molecule has 0 bridgehead atoms. The van der Waals surface area contributed by atoms with Crippen LogP contribution in [0, 0.1) is 0 Å². The second-order valence-electron chi connectivity index (χ2n) is 3.85. The normalized spacial score (nSPS) is 12.3. The fourth-order valence-electron chi connectivity index (χ4n) is 1.32. The number of rotatable bonds is 9. The van der Waals surface area contributed by atoms with Crippen molar-refractivity contribution < 1.29 is 4.74 Å². The van der Waals surface area contributed by atoms with Crippen LogP contribution in [0.15, 0.2) is 12.2 Å². The zero-order valence-electron chi connectivity index (χ0n) is 12.1. The van der Waals surface area contributed by atoms with Crippen molar-refractivity contribution in [3.63, 3.8) is 0 Å². The Morgan fingerprint density at radius 3 is 2.31 bits per heavy atom. The van der Waals surface area contributed by atoms with Crippen molar-refractivity contribution in [1.29, 1.82) is 0 Å². The largest absolute Gasteiger partial charge is 0.379 e. The highest BCUT2D eigenvalue weighted by molar-refractivity contribution is 4.79. The maximum Gasteiger partial charge on any atom is 0.0547 e. The number of unbranched alkanes of at least 4 members (excludes halogenated alkanes) is 2. The Hall–Kier alpha value is -0.300. The minimum absolute atomic E-state index is 0.441. The molecule has 0 saturated carbocycles. The number of allylic oxidation sites excluding steroid dienone is 2. The molecule has 98 valence electrons. The van der Waals surface area contributed by atoms with Gasteiger partial charge in [-0.3, -0.25) is 0 Å². The molecule has 0 N–H and O–H groups in total. The van der Waals surface area contributed by atoms with Gasteiger partial charge in [-0.25, -0.2) is 0 Å². The highest BCUT2D eigenvalue weighted by Gasteiger charge is 1.99. The molecule has 0 rings (SSSR count). The summed E-state index contributed by atoms with van der Waals surface area (Å²) in [6.07, 6.45) is 12.2. The molecule has 0 aromatic carbocycles. The molecule has 0 radical (unpaired) electrons. The highest BCUT2D eigenvalue weighted by Crippen LogP contribution is 2.06. The number of hydrogen-bond donors (Lipinski definition) is 0. The molecule has 16 heavy (non-hydrogen) atoms. The first kappa shape index (κ1) is 18.1. The van der Waals surface area contributed by atoms with Crippen LogP contribution in [-0.2, 0) is 4.74 Å². The molecule has 1 heteroatoms. The molecule has 0 saturated heterocycles. The van der Waals surface area contributed by atoms with Crippen molar-refractivity contribution in [2.45, 2.75) is 79.2 Å². The lowest BCUT2D eigenvalue weighted by atomic mass is 10.1. The van der Waals surface area contributed by atoms with Gasteiger partial charge in [-0.1, -0.05) is 46.3 Å². The Morgan fingerprint density at radius 1 is 1.06 bits per heavy atom. The number of ether oxygens (including phenoxy) is 1. The minimum atomic E-state index is 0.441. The van der Waals surface area contributed by atoms with Gasteiger partial charge in [0.15, 0.2) is 0 Å². The summed E-state index contributed by atoms with van der Waals surface area (Å²) >= 11 is 0. The average Bonchev–Trinajstić information content (AvgIpc) is 2.32. The van der Waals surface area contributed by atoms with E-state index in [1.807, 2.05) is 13.8 Å². The fourth-order valence-corrected chi connectivity index (χ4v) is 1.32. The van der Waals surface area contributed by atoms with Gasteiger partial charge >= 0.3 is 0 Å². The third-order valence-electron chi connectivity index (χ3n) is 2.28. The lowest BCUT2D eigenvalue weighted by molar-refractivity contribution is 0.0572. The maximum atomic E-state index is 5.66. The topological polar surface area (TPSA) is 9.23 Å². The van der Waals surface area contributed by atoms with Crippen molar-refractivity contribution in [3.8, 4) is 0 Å². The van der Waals surface area contributed by atoms with E-state index in [9.17, 15) is 0 Å². The summed E-state index contributed by atoms with van der Waals surface area (Å²) in [6, 6.07) is 0. The molecule has 0 heterocycles. The summed E-state index contributed by atoms with van der Waals surface area (Å²) in [4.78, 5) is 0. The molecule has 0 aromatic rings. The first-order valence-electron chi connectivity index (χ1n) is 7.07. The molecule has 1 nitrogen and oxygen atoms in total. The molecular weight excluding hydrogens is 196 g/mol. The molecule has 0 fully saturated rings. The molecule has 1 atom stereocenters. The zero-order chi connectivity index (χ0) is 12.6. The molecule has 0 aliphatic heterocycles.